The molecule has 1 aromatic heterocycles. The number of nitrogens with zero attached hydrogens (tertiary/aromatic N) is 1. The van der Waals surface area contributed by atoms with Crippen LogP contribution in [0.3, 0.4) is 0 Å². The number of rotatable bonds is 5. The molecule has 0 bridgehead atoms. The fraction of sp³-hybridized carbons (Fsp3) is 0.294. The molecular weight excluding hydrogens is 248 g/mol. The van der Waals surface area contributed by atoms with Crippen molar-refractivity contribution in [3.63, 3.8) is 0 Å². The van der Waals surface area contributed by atoms with E-state index in [2.05, 4.69) is 10.3 Å². The van der Waals surface area contributed by atoms with Crippen LogP contribution in [0.4, 0.5) is 0 Å². The number of pyridine rings is 1. The van der Waals surface area contributed by atoms with E-state index < -0.39 is 0 Å². The summed E-state index contributed by atoms with van der Waals surface area (Å²) in [6.07, 6.45) is 1.73. The lowest BCUT2D eigenvalue weighted by atomic mass is 9.91. The van der Waals surface area contributed by atoms with Gasteiger partial charge >= 0.3 is 0 Å². The zero-order chi connectivity index (χ0) is 14.4. The van der Waals surface area contributed by atoms with Crippen LogP contribution in [0.25, 0.3) is 0 Å². The monoisotopic (exact) mass is 268 g/mol. The highest BCUT2D eigenvalue weighted by Crippen LogP contribution is 2.22. The molecular formula is C17H20N2O. The third-order valence-corrected chi connectivity index (χ3v) is 3.27. The average molecular weight is 268 g/mol. The Labute approximate surface area is 120 Å². The second-order valence-electron chi connectivity index (χ2n) is 5.18. The van der Waals surface area contributed by atoms with Crippen LogP contribution in [0.1, 0.15) is 31.0 Å². The molecule has 0 saturated heterocycles. The minimum absolute atomic E-state index is 0.0301. The van der Waals surface area contributed by atoms with Gasteiger partial charge in [-0.3, -0.25) is 9.78 Å². The van der Waals surface area contributed by atoms with Gasteiger partial charge in [-0.15, -0.1) is 0 Å². The van der Waals surface area contributed by atoms with E-state index in [-0.39, 0.29) is 17.7 Å². The Kier molecular flexibility index (Phi) is 4.88. The molecule has 0 fully saturated rings. The Morgan fingerprint density at radius 3 is 2.40 bits per heavy atom. The molecule has 0 radical (unpaired) electrons. The van der Waals surface area contributed by atoms with E-state index in [1.54, 1.807) is 6.20 Å². The maximum Gasteiger partial charge on any atom is 0.229 e. The molecule has 3 heteroatoms. The number of nitrogens with one attached hydrogen (secondary N) is 1. The van der Waals surface area contributed by atoms with E-state index >= 15 is 0 Å². The first kappa shape index (κ1) is 14.3. The van der Waals surface area contributed by atoms with Gasteiger partial charge in [-0.1, -0.05) is 50.2 Å². The molecule has 1 atom stereocenters. The maximum atomic E-state index is 12.4. The molecule has 104 valence electrons. The molecule has 20 heavy (non-hydrogen) atoms. The van der Waals surface area contributed by atoms with Crippen molar-refractivity contribution >= 4 is 5.91 Å². The molecule has 0 spiro atoms. The summed E-state index contributed by atoms with van der Waals surface area (Å²) in [6.45, 7) is 4.64. The van der Waals surface area contributed by atoms with Crippen LogP contribution in [-0.4, -0.2) is 10.9 Å². The second-order valence-corrected chi connectivity index (χ2v) is 5.18. The van der Waals surface area contributed by atoms with E-state index in [0.29, 0.717) is 6.54 Å². The highest BCUT2D eigenvalue weighted by molar-refractivity contribution is 5.83. The number of benzene rings is 1. The molecule has 0 saturated carbocycles. The summed E-state index contributed by atoms with van der Waals surface area (Å²) in [5.74, 6) is 0.0307. The Morgan fingerprint density at radius 1 is 1.10 bits per heavy atom. The zero-order valence-corrected chi connectivity index (χ0v) is 11.9. The summed E-state index contributed by atoms with van der Waals surface area (Å²) in [7, 11) is 0. The fourth-order valence-electron chi connectivity index (χ4n) is 2.23. The van der Waals surface area contributed by atoms with E-state index in [1.807, 2.05) is 62.4 Å². The number of carbonyl (C=O) groups is 1. The topological polar surface area (TPSA) is 42.0 Å². The summed E-state index contributed by atoms with van der Waals surface area (Å²) < 4.78 is 0. The molecule has 2 rings (SSSR count). The predicted molar refractivity (Wildman–Crippen MR) is 80.1 cm³/mol. The summed E-state index contributed by atoms with van der Waals surface area (Å²) in [5.41, 5.74) is 1.93. The fourth-order valence-corrected chi connectivity index (χ4v) is 2.23. The quantitative estimate of drug-likeness (QED) is 0.905. The number of carbonyl (C=O) groups excluding carboxylic acids is 1. The number of hydrogen-bond acceptors (Lipinski definition) is 2. The molecule has 1 heterocycles. The number of amides is 1. The highest BCUT2D eigenvalue weighted by Gasteiger charge is 2.24. The van der Waals surface area contributed by atoms with Gasteiger partial charge in [0.1, 0.15) is 0 Å². The van der Waals surface area contributed by atoms with Crippen molar-refractivity contribution in [2.24, 2.45) is 5.92 Å². The normalized spacial score (nSPS) is 12.2. The third-order valence-electron chi connectivity index (χ3n) is 3.27. The van der Waals surface area contributed by atoms with Gasteiger partial charge in [-0.2, -0.15) is 0 Å². The molecule has 1 aromatic carbocycles. The van der Waals surface area contributed by atoms with Gasteiger partial charge in [0.25, 0.3) is 0 Å². The molecule has 0 aliphatic carbocycles. The molecule has 0 aliphatic rings. The van der Waals surface area contributed by atoms with Crippen molar-refractivity contribution in [1.29, 1.82) is 0 Å². The van der Waals surface area contributed by atoms with Crippen LogP contribution in [0, 0.1) is 5.92 Å². The first-order valence-electron chi connectivity index (χ1n) is 6.91. The van der Waals surface area contributed by atoms with Crippen LogP contribution >= 0.6 is 0 Å². The van der Waals surface area contributed by atoms with E-state index in [1.165, 1.54) is 0 Å². The minimum Gasteiger partial charge on any atom is -0.351 e. The lowest BCUT2D eigenvalue weighted by Crippen LogP contribution is -2.32. The smallest absolute Gasteiger partial charge is 0.229 e. The second kappa shape index (κ2) is 6.85. The average Bonchev–Trinajstić information content (AvgIpc) is 2.47. The molecule has 1 unspecified atom stereocenters. The van der Waals surface area contributed by atoms with Gasteiger partial charge in [0.2, 0.25) is 5.91 Å². The van der Waals surface area contributed by atoms with Gasteiger partial charge in [0, 0.05) is 12.7 Å². The van der Waals surface area contributed by atoms with Crippen molar-refractivity contribution < 1.29 is 4.79 Å². The van der Waals surface area contributed by atoms with Gasteiger partial charge in [-0.25, -0.2) is 0 Å². The van der Waals surface area contributed by atoms with Crippen molar-refractivity contribution in [2.45, 2.75) is 26.3 Å². The standard InChI is InChI=1S/C17H20N2O/c1-13(2)16(15-10-6-7-11-18-15)17(20)19-12-14-8-4-3-5-9-14/h3-11,13,16H,12H2,1-2H3,(H,19,20). The lowest BCUT2D eigenvalue weighted by Gasteiger charge is -2.19. The Bertz CT molecular complexity index is 537. The van der Waals surface area contributed by atoms with E-state index in [4.69, 9.17) is 0 Å². The lowest BCUT2D eigenvalue weighted by molar-refractivity contribution is -0.123. The molecule has 0 aliphatic heterocycles. The highest BCUT2D eigenvalue weighted by atomic mass is 16.1. The van der Waals surface area contributed by atoms with Crippen LogP contribution in [-0.2, 0) is 11.3 Å². The molecule has 3 nitrogen and oxygen atoms in total. The number of aromatic nitrogens is 1. The van der Waals surface area contributed by atoms with Gasteiger partial charge in [-0.05, 0) is 23.6 Å². The van der Waals surface area contributed by atoms with Crippen molar-refractivity contribution in [3.05, 3.63) is 66.0 Å². The van der Waals surface area contributed by atoms with Crippen molar-refractivity contribution in [2.75, 3.05) is 0 Å². The molecule has 1 amide bonds. The summed E-state index contributed by atoms with van der Waals surface area (Å²) in [4.78, 5) is 16.7. The SMILES string of the molecule is CC(C)C(C(=O)NCc1ccccc1)c1ccccn1. The first-order chi connectivity index (χ1) is 9.68. The molecule has 1 N–H and O–H groups in total. The van der Waals surface area contributed by atoms with Crippen molar-refractivity contribution in [1.82, 2.24) is 10.3 Å². The summed E-state index contributed by atoms with van der Waals surface area (Å²) >= 11 is 0. The van der Waals surface area contributed by atoms with Gasteiger partial charge < -0.3 is 5.32 Å². The van der Waals surface area contributed by atoms with Crippen LogP contribution in [0.2, 0.25) is 0 Å². The van der Waals surface area contributed by atoms with E-state index in [9.17, 15) is 4.79 Å². The first-order valence-corrected chi connectivity index (χ1v) is 6.91. The summed E-state index contributed by atoms with van der Waals surface area (Å²) in [5, 5.41) is 3.00. The Morgan fingerprint density at radius 2 is 1.80 bits per heavy atom. The predicted octanol–water partition coefficient (Wildman–Crippen LogP) is 3.14. The Hall–Kier alpha value is -2.16. The van der Waals surface area contributed by atoms with Crippen molar-refractivity contribution in [3.8, 4) is 0 Å². The molecule has 2 aromatic rings. The minimum atomic E-state index is -0.208. The van der Waals surface area contributed by atoms with Gasteiger partial charge in [0.15, 0.2) is 0 Å². The number of hydrogen-bond donors (Lipinski definition) is 1. The van der Waals surface area contributed by atoms with Crippen LogP contribution in [0.5, 0.6) is 0 Å². The van der Waals surface area contributed by atoms with Crippen LogP contribution in [0.15, 0.2) is 54.7 Å². The van der Waals surface area contributed by atoms with Gasteiger partial charge in [0.05, 0.1) is 11.6 Å². The van der Waals surface area contributed by atoms with Crippen LogP contribution < -0.4 is 5.32 Å². The third kappa shape index (κ3) is 3.67. The zero-order valence-electron chi connectivity index (χ0n) is 11.9. The Balaban J connectivity index is 2.05. The largest absolute Gasteiger partial charge is 0.351 e. The summed E-state index contributed by atoms with van der Waals surface area (Å²) in [6, 6.07) is 15.6. The van der Waals surface area contributed by atoms with E-state index in [0.717, 1.165) is 11.3 Å². The maximum absolute atomic E-state index is 12.4.